The molecule has 1 aromatic carbocycles. The minimum Gasteiger partial charge on any atom is -0.465 e. The molecule has 6 heteroatoms. The molecule has 2 N–H and O–H groups in total. The topological polar surface area (TPSA) is 82.1 Å². The average molecular weight is 308 g/mol. The zero-order chi connectivity index (χ0) is 15.9. The molecular formula is C17H16N4O2. The van der Waals surface area contributed by atoms with Gasteiger partial charge in [0.05, 0.1) is 5.54 Å². The average Bonchev–Trinajstić information content (AvgIpc) is 2.94. The van der Waals surface area contributed by atoms with E-state index in [0.717, 1.165) is 24.8 Å². The number of amides is 1. The molecule has 0 aliphatic heterocycles. The normalized spacial score (nSPS) is 16.0. The van der Waals surface area contributed by atoms with Crippen molar-refractivity contribution in [2.45, 2.75) is 24.8 Å². The summed E-state index contributed by atoms with van der Waals surface area (Å²) in [5.41, 5.74) is 1.76. The van der Waals surface area contributed by atoms with Crippen LogP contribution in [0.5, 0.6) is 0 Å². The maximum Gasteiger partial charge on any atom is 0.413 e. The van der Waals surface area contributed by atoms with Gasteiger partial charge >= 0.3 is 6.09 Å². The Balaban J connectivity index is 1.85. The maximum atomic E-state index is 12.1. The first-order chi connectivity index (χ1) is 11.2. The summed E-state index contributed by atoms with van der Waals surface area (Å²) < 4.78 is 0. The first-order valence-electron chi connectivity index (χ1n) is 7.59. The summed E-state index contributed by atoms with van der Waals surface area (Å²) in [6, 6.07) is 11.6. The summed E-state index contributed by atoms with van der Waals surface area (Å²) in [7, 11) is 0. The molecule has 1 fully saturated rings. The van der Waals surface area contributed by atoms with Crippen molar-refractivity contribution in [3.05, 3.63) is 54.4 Å². The number of hydrogen-bond acceptors (Lipinski definition) is 3. The molecule has 2 aromatic heterocycles. The molecule has 4 rings (SSSR count). The minimum atomic E-state index is -0.972. The van der Waals surface area contributed by atoms with Gasteiger partial charge in [-0.2, -0.15) is 0 Å². The molecule has 2 heterocycles. The van der Waals surface area contributed by atoms with Crippen molar-refractivity contribution < 1.29 is 9.90 Å². The van der Waals surface area contributed by atoms with E-state index in [0.29, 0.717) is 17.0 Å². The third-order valence-electron chi connectivity index (χ3n) is 4.60. The summed E-state index contributed by atoms with van der Waals surface area (Å²) in [4.78, 5) is 25.0. The molecule has 1 aliphatic rings. The van der Waals surface area contributed by atoms with Gasteiger partial charge in [0.15, 0.2) is 5.65 Å². The molecule has 116 valence electrons. The van der Waals surface area contributed by atoms with E-state index in [1.165, 1.54) is 4.90 Å². The minimum absolute atomic E-state index is 0.516. The van der Waals surface area contributed by atoms with Gasteiger partial charge in [-0.05, 0) is 24.8 Å². The molecule has 1 amide bonds. The Bertz CT molecular complexity index is 822. The van der Waals surface area contributed by atoms with E-state index < -0.39 is 11.6 Å². The number of H-pyrrole nitrogens is 1. The van der Waals surface area contributed by atoms with Gasteiger partial charge in [0.1, 0.15) is 11.3 Å². The molecule has 23 heavy (non-hydrogen) atoms. The van der Waals surface area contributed by atoms with Gasteiger partial charge in [0.25, 0.3) is 0 Å². The Morgan fingerprint density at radius 1 is 1.17 bits per heavy atom. The highest BCUT2D eigenvalue weighted by molar-refractivity contribution is 5.91. The second kappa shape index (κ2) is 5.08. The highest BCUT2D eigenvalue weighted by atomic mass is 16.4. The Kier molecular flexibility index (Phi) is 3.04. The van der Waals surface area contributed by atoms with Gasteiger partial charge in [-0.3, -0.25) is 9.88 Å². The van der Waals surface area contributed by atoms with Crippen LogP contribution in [-0.2, 0) is 5.54 Å². The van der Waals surface area contributed by atoms with Crippen molar-refractivity contribution >= 4 is 23.1 Å². The predicted octanol–water partition coefficient (Wildman–Crippen LogP) is 3.52. The van der Waals surface area contributed by atoms with Gasteiger partial charge in [-0.25, -0.2) is 9.78 Å². The Morgan fingerprint density at radius 3 is 2.52 bits per heavy atom. The lowest BCUT2D eigenvalue weighted by Gasteiger charge is -2.48. The number of nitrogens with one attached hydrogen (secondary N) is 1. The predicted molar refractivity (Wildman–Crippen MR) is 86.4 cm³/mol. The molecule has 0 radical (unpaired) electrons. The number of anilines is 1. The monoisotopic (exact) mass is 308 g/mol. The van der Waals surface area contributed by atoms with Crippen molar-refractivity contribution in [2.24, 2.45) is 0 Å². The maximum absolute atomic E-state index is 12.1. The fourth-order valence-corrected chi connectivity index (χ4v) is 3.38. The van der Waals surface area contributed by atoms with Crippen LogP contribution in [0.25, 0.3) is 11.2 Å². The SMILES string of the molecule is O=C(O)N(c1cc2nccnc2[nH]1)C1(c2ccccc2)CCC1. The van der Waals surface area contributed by atoms with E-state index >= 15 is 0 Å². The molecule has 0 bridgehead atoms. The molecule has 0 spiro atoms. The molecule has 1 saturated carbocycles. The van der Waals surface area contributed by atoms with Crippen LogP contribution >= 0.6 is 0 Å². The van der Waals surface area contributed by atoms with Gasteiger partial charge in [0.2, 0.25) is 0 Å². The van der Waals surface area contributed by atoms with Gasteiger partial charge in [-0.15, -0.1) is 0 Å². The van der Waals surface area contributed by atoms with Crippen LogP contribution in [0.15, 0.2) is 48.8 Å². The van der Waals surface area contributed by atoms with Crippen molar-refractivity contribution in [3.63, 3.8) is 0 Å². The number of carbonyl (C=O) groups is 1. The number of nitrogens with zero attached hydrogens (tertiary/aromatic N) is 3. The second-order valence-corrected chi connectivity index (χ2v) is 5.81. The lowest BCUT2D eigenvalue weighted by Crippen LogP contribution is -2.54. The molecule has 3 aromatic rings. The van der Waals surface area contributed by atoms with E-state index in [1.807, 2.05) is 30.3 Å². The van der Waals surface area contributed by atoms with Gasteiger partial charge in [0, 0.05) is 18.5 Å². The first-order valence-corrected chi connectivity index (χ1v) is 7.59. The third-order valence-corrected chi connectivity index (χ3v) is 4.60. The van der Waals surface area contributed by atoms with Crippen LogP contribution in [-0.4, -0.2) is 26.2 Å². The lowest BCUT2D eigenvalue weighted by atomic mass is 9.70. The molecule has 0 unspecified atom stereocenters. The first kappa shape index (κ1) is 13.8. The van der Waals surface area contributed by atoms with Crippen LogP contribution in [0.2, 0.25) is 0 Å². The van der Waals surface area contributed by atoms with E-state index in [-0.39, 0.29) is 0 Å². The fourth-order valence-electron chi connectivity index (χ4n) is 3.38. The highest BCUT2D eigenvalue weighted by Crippen LogP contribution is 2.48. The molecule has 6 nitrogen and oxygen atoms in total. The number of rotatable bonds is 3. The highest BCUT2D eigenvalue weighted by Gasteiger charge is 2.48. The second-order valence-electron chi connectivity index (χ2n) is 5.81. The summed E-state index contributed by atoms with van der Waals surface area (Å²) in [6.07, 6.45) is 4.83. The van der Waals surface area contributed by atoms with Gasteiger partial charge in [-0.1, -0.05) is 30.3 Å². The van der Waals surface area contributed by atoms with Crippen LogP contribution in [0.1, 0.15) is 24.8 Å². The van der Waals surface area contributed by atoms with E-state index in [9.17, 15) is 9.90 Å². The van der Waals surface area contributed by atoms with E-state index in [2.05, 4.69) is 15.0 Å². The zero-order valence-corrected chi connectivity index (χ0v) is 12.4. The Hall–Kier alpha value is -2.89. The molecular weight excluding hydrogens is 292 g/mol. The largest absolute Gasteiger partial charge is 0.465 e. The van der Waals surface area contributed by atoms with Crippen LogP contribution in [0, 0.1) is 0 Å². The summed E-state index contributed by atoms with van der Waals surface area (Å²) in [5.74, 6) is 0.516. The number of benzene rings is 1. The summed E-state index contributed by atoms with van der Waals surface area (Å²) in [5, 5.41) is 9.88. The smallest absolute Gasteiger partial charge is 0.413 e. The third kappa shape index (κ3) is 2.06. The summed E-state index contributed by atoms with van der Waals surface area (Å²) in [6.45, 7) is 0. The fraction of sp³-hybridized carbons (Fsp3) is 0.235. The number of hydrogen-bond donors (Lipinski definition) is 2. The molecule has 0 atom stereocenters. The number of carboxylic acid groups (broad SMARTS) is 1. The summed E-state index contributed by atoms with van der Waals surface area (Å²) >= 11 is 0. The zero-order valence-electron chi connectivity index (χ0n) is 12.4. The standard InChI is InChI=1S/C17H16N4O2/c22-16(23)21(14-11-13-15(20-14)19-10-9-18-13)17(7-4-8-17)12-5-2-1-3-6-12/h1-3,5-6,9-11H,4,7-8H2,(H,19,20)(H,22,23). The van der Waals surface area contributed by atoms with Crippen LogP contribution in [0.4, 0.5) is 10.6 Å². The molecule has 0 saturated heterocycles. The number of aromatic amines is 1. The number of aromatic nitrogens is 3. The Labute approximate surface area is 132 Å². The van der Waals surface area contributed by atoms with Crippen LogP contribution in [0.3, 0.4) is 0 Å². The van der Waals surface area contributed by atoms with Gasteiger partial charge < -0.3 is 10.1 Å². The van der Waals surface area contributed by atoms with Crippen molar-refractivity contribution in [3.8, 4) is 0 Å². The van der Waals surface area contributed by atoms with E-state index in [4.69, 9.17) is 0 Å². The molecule has 1 aliphatic carbocycles. The quantitative estimate of drug-likeness (QED) is 0.775. The van der Waals surface area contributed by atoms with Crippen LogP contribution < -0.4 is 4.90 Å². The lowest BCUT2D eigenvalue weighted by molar-refractivity contribution is 0.169. The van der Waals surface area contributed by atoms with Crippen molar-refractivity contribution in [2.75, 3.05) is 4.90 Å². The number of fused-ring (bicyclic) bond motifs is 1. The van der Waals surface area contributed by atoms with E-state index in [1.54, 1.807) is 18.5 Å². The van der Waals surface area contributed by atoms with Crippen molar-refractivity contribution in [1.29, 1.82) is 0 Å². The van der Waals surface area contributed by atoms with Crippen molar-refractivity contribution in [1.82, 2.24) is 15.0 Å². The Morgan fingerprint density at radius 2 is 1.91 bits per heavy atom.